The molecule has 0 saturated heterocycles. The molecule has 0 bridgehead atoms. The molecule has 0 radical (unpaired) electrons. The van der Waals surface area contributed by atoms with Gasteiger partial charge in [0.2, 0.25) is 5.76 Å². The molecule has 23 heavy (non-hydrogen) atoms. The monoisotopic (exact) mass is 313 g/mol. The van der Waals surface area contributed by atoms with E-state index in [4.69, 9.17) is 9.52 Å². The number of rotatable bonds is 3. The van der Waals surface area contributed by atoms with Gasteiger partial charge in [0.1, 0.15) is 5.76 Å². The minimum absolute atomic E-state index is 0.00712. The highest BCUT2D eigenvalue weighted by atomic mass is 16.4. The summed E-state index contributed by atoms with van der Waals surface area (Å²) in [5.41, 5.74) is 3.82. The van der Waals surface area contributed by atoms with Crippen molar-refractivity contribution in [3.05, 3.63) is 53.0 Å². The van der Waals surface area contributed by atoms with Gasteiger partial charge in [0.15, 0.2) is 0 Å². The van der Waals surface area contributed by atoms with Gasteiger partial charge in [-0.2, -0.15) is 0 Å². The van der Waals surface area contributed by atoms with Gasteiger partial charge in [-0.25, -0.2) is 4.79 Å². The van der Waals surface area contributed by atoms with Gasteiger partial charge in [-0.3, -0.25) is 0 Å². The zero-order chi connectivity index (χ0) is 16.8. The van der Waals surface area contributed by atoms with E-state index in [9.17, 15) is 4.79 Å². The predicted octanol–water partition coefficient (Wildman–Crippen LogP) is 4.58. The lowest BCUT2D eigenvalue weighted by molar-refractivity contribution is 0.0660. The molecule has 1 aromatic carbocycles. The summed E-state index contributed by atoms with van der Waals surface area (Å²) < 4.78 is 5.47. The van der Waals surface area contributed by atoms with Gasteiger partial charge in [0, 0.05) is 11.2 Å². The predicted molar refractivity (Wildman–Crippen MR) is 90.1 cm³/mol. The minimum atomic E-state index is -1.03. The SMILES string of the molecule is Cc1ccc2c(c1)[C@@H](C)CC(C)(C)N2Cc1ccc(C(=O)O)o1. The average Bonchev–Trinajstić information content (AvgIpc) is 2.92. The van der Waals surface area contributed by atoms with Crippen LogP contribution in [0.3, 0.4) is 0 Å². The number of benzene rings is 1. The molecular formula is C19H23NO3. The first kappa shape index (κ1) is 15.7. The van der Waals surface area contributed by atoms with Crippen LogP contribution in [0.15, 0.2) is 34.7 Å². The Morgan fingerprint density at radius 1 is 1.35 bits per heavy atom. The molecule has 1 aliphatic rings. The van der Waals surface area contributed by atoms with Crippen LogP contribution in [0, 0.1) is 6.92 Å². The smallest absolute Gasteiger partial charge is 0.371 e. The summed E-state index contributed by atoms with van der Waals surface area (Å²) in [4.78, 5) is 13.3. The number of hydrogen-bond donors (Lipinski definition) is 1. The van der Waals surface area contributed by atoms with Gasteiger partial charge in [0.05, 0.1) is 6.54 Å². The van der Waals surface area contributed by atoms with E-state index in [1.165, 1.54) is 22.9 Å². The summed E-state index contributed by atoms with van der Waals surface area (Å²) >= 11 is 0. The highest BCUT2D eigenvalue weighted by molar-refractivity contribution is 5.84. The van der Waals surface area contributed by atoms with Crippen molar-refractivity contribution in [2.24, 2.45) is 0 Å². The van der Waals surface area contributed by atoms with E-state index < -0.39 is 5.97 Å². The quantitative estimate of drug-likeness (QED) is 0.901. The third kappa shape index (κ3) is 2.85. The molecule has 2 heterocycles. The fourth-order valence-corrected chi connectivity index (χ4v) is 3.64. The van der Waals surface area contributed by atoms with Gasteiger partial charge in [0.25, 0.3) is 0 Å². The number of carbonyl (C=O) groups is 1. The third-order valence-corrected chi connectivity index (χ3v) is 4.73. The summed E-state index contributed by atoms with van der Waals surface area (Å²) in [7, 11) is 0. The molecule has 1 atom stereocenters. The second-order valence-corrected chi connectivity index (χ2v) is 7.14. The van der Waals surface area contributed by atoms with Crippen molar-refractivity contribution in [3.63, 3.8) is 0 Å². The maximum absolute atomic E-state index is 11.0. The van der Waals surface area contributed by atoms with Crippen LogP contribution in [-0.2, 0) is 6.54 Å². The fraction of sp³-hybridized carbons (Fsp3) is 0.421. The maximum atomic E-state index is 11.0. The van der Waals surface area contributed by atoms with Crippen LogP contribution in [0.1, 0.15) is 60.6 Å². The van der Waals surface area contributed by atoms with Crippen molar-refractivity contribution in [2.45, 2.75) is 52.1 Å². The first-order valence-corrected chi connectivity index (χ1v) is 7.98. The van der Waals surface area contributed by atoms with Crippen molar-refractivity contribution in [1.29, 1.82) is 0 Å². The lowest BCUT2D eigenvalue weighted by atomic mass is 9.79. The lowest BCUT2D eigenvalue weighted by Gasteiger charge is -2.47. The van der Waals surface area contributed by atoms with Crippen LogP contribution in [-0.4, -0.2) is 16.6 Å². The molecule has 0 saturated carbocycles. The second-order valence-electron chi connectivity index (χ2n) is 7.14. The van der Waals surface area contributed by atoms with Gasteiger partial charge >= 0.3 is 5.97 Å². The second kappa shape index (κ2) is 5.44. The highest BCUT2D eigenvalue weighted by Crippen LogP contribution is 2.44. The molecule has 0 aliphatic carbocycles. The van der Waals surface area contributed by atoms with Gasteiger partial charge < -0.3 is 14.4 Å². The molecule has 3 rings (SSSR count). The van der Waals surface area contributed by atoms with Crippen LogP contribution < -0.4 is 4.90 Å². The van der Waals surface area contributed by atoms with E-state index in [1.807, 2.05) is 0 Å². The molecule has 1 aromatic heterocycles. The molecule has 1 N–H and O–H groups in total. The Balaban J connectivity index is 1.99. The minimum Gasteiger partial charge on any atom is -0.475 e. The maximum Gasteiger partial charge on any atom is 0.371 e. The molecule has 0 amide bonds. The Kier molecular flexibility index (Phi) is 3.71. The van der Waals surface area contributed by atoms with E-state index in [-0.39, 0.29) is 11.3 Å². The van der Waals surface area contributed by atoms with Gasteiger partial charge in [-0.15, -0.1) is 0 Å². The third-order valence-electron chi connectivity index (χ3n) is 4.73. The number of fused-ring (bicyclic) bond motifs is 1. The number of aromatic carboxylic acids is 1. The average molecular weight is 313 g/mol. The first-order valence-electron chi connectivity index (χ1n) is 7.98. The first-order chi connectivity index (χ1) is 10.8. The molecule has 2 aromatic rings. The standard InChI is InChI=1S/C19H23NO3/c1-12-5-7-16-15(9-12)13(2)10-19(3,4)20(16)11-14-6-8-17(23-14)18(21)22/h5-9,13H,10-11H2,1-4H3,(H,21,22)/t13-/m0/s1. The zero-order valence-electron chi connectivity index (χ0n) is 14.1. The Morgan fingerprint density at radius 2 is 2.09 bits per heavy atom. The van der Waals surface area contributed by atoms with Crippen LogP contribution in [0.4, 0.5) is 5.69 Å². The molecule has 0 spiro atoms. The van der Waals surface area contributed by atoms with Crippen LogP contribution in [0.25, 0.3) is 0 Å². The summed E-state index contributed by atoms with van der Waals surface area (Å²) in [6, 6.07) is 9.83. The molecule has 4 nitrogen and oxygen atoms in total. The van der Waals surface area contributed by atoms with Gasteiger partial charge in [-0.05, 0) is 56.9 Å². The number of aryl methyl sites for hydroxylation is 1. The normalized spacial score (nSPS) is 19.5. The number of anilines is 1. The number of furan rings is 1. The van der Waals surface area contributed by atoms with Crippen molar-refractivity contribution in [1.82, 2.24) is 0 Å². The van der Waals surface area contributed by atoms with Crippen molar-refractivity contribution < 1.29 is 14.3 Å². The Labute approximate surface area is 136 Å². The highest BCUT2D eigenvalue weighted by Gasteiger charge is 2.36. The van der Waals surface area contributed by atoms with Crippen molar-refractivity contribution in [2.75, 3.05) is 4.90 Å². The van der Waals surface area contributed by atoms with E-state index in [2.05, 4.69) is 50.8 Å². The van der Waals surface area contributed by atoms with E-state index in [0.29, 0.717) is 18.2 Å². The van der Waals surface area contributed by atoms with Gasteiger partial charge in [-0.1, -0.05) is 24.6 Å². The van der Waals surface area contributed by atoms with E-state index >= 15 is 0 Å². The summed E-state index contributed by atoms with van der Waals surface area (Å²) in [5, 5.41) is 9.02. The van der Waals surface area contributed by atoms with Crippen LogP contribution in [0.5, 0.6) is 0 Å². The van der Waals surface area contributed by atoms with Crippen LogP contribution in [0.2, 0.25) is 0 Å². The molecule has 4 heteroatoms. The molecule has 0 unspecified atom stereocenters. The van der Waals surface area contributed by atoms with E-state index in [0.717, 1.165) is 6.42 Å². The molecular weight excluding hydrogens is 290 g/mol. The summed E-state index contributed by atoms with van der Waals surface area (Å²) in [6.45, 7) is 9.42. The summed E-state index contributed by atoms with van der Waals surface area (Å²) in [6.07, 6.45) is 1.05. The fourth-order valence-electron chi connectivity index (χ4n) is 3.64. The van der Waals surface area contributed by atoms with Crippen molar-refractivity contribution >= 4 is 11.7 Å². The number of carboxylic acid groups (broad SMARTS) is 1. The lowest BCUT2D eigenvalue weighted by Crippen LogP contribution is -2.47. The number of nitrogens with zero attached hydrogens (tertiary/aromatic N) is 1. The Morgan fingerprint density at radius 3 is 2.74 bits per heavy atom. The van der Waals surface area contributed by atoms with Crippen molar-refractivity contribution in [3.8, 4) is 0 Å². The molecule has 122 valence electrons. The molecule has 1 aliphatic heterocycles. The summed E-state index contributed by atoms with van der Waals surface area (Å²) in [5.74, 6) is 0.144. The van der Waals surface area contributed by atoms with Crippen LogP contribution >= 0.6 is 0 Å². The zero-order valence-corrected chi connectivity index (χ0v) is 14.1. The number of hydrogen-bond acceptors (Lipinski definition) is 3. The Hall–Kier alpha value is -2.23. The largest absolute Gasteiger partial charge is 0.475 e. The Bertz CT molecular complexity index is 745. The topological polar surface area (TPSA) is 53.7 Å². The molecule has 0 fully saturated rings. The van der Waals surface area contributed by atoms with E-state index in [1.54, 1.807) is 6.07 Å². The number of carboxylic acids is 1.